The van der Waals surface area contributed by atoms with Crippen LogP contribution in [-0.4, -0.2) is 22.1 Å². The molecule has 0 bridgehead atoms. The van der Waals surface area contributed by atoms with Crippen molar-refractivity contribution in [3.05, 3.63) is 29.6 Å². The number of benzene rings is 1. The first-order chi connectivity index (χ1) is 9.48. The number of imidazole rings is 1. The minimum atomic E-state index is -0.361. The molecular formula is C15H19ClN4O. The summed E-state index contributed by atoms with van der Waals surface area (Å²) < 4.78 is 0. The molecule has 5 nitrogen and oxygen atoms in total. The van der Waals surface area contributed by atoms with Gasteiger partial charge in [0, 0.05) is 24.0 Å². The number of hydrazone groups is 1. The monoisotopic (exact) mass is 306 g/mol. The van der Waals surface area contributed by atoms with Crippen LogP contribution >= 0.6 is 12.4 Å². The van der Waals surface area contributed by atoms with E-state index in [4.69, 9.17) is 0 Å². The lowest BCUT2D eigenvalue weighted by molar-refractivity contribution is -0.122. The van der Waals surface area contributed by atoms with Crippen LogP contribution in [0.25, 0.3) is 11.0 Å². The molecule has 1 aromatic carbocycles. The van der Waals surface area contributed by atoms with E-state index >= 15 is 0 Å². The number of hydrogen-bond acceptors (Lipinski definition) is 3. The van der Waals surface area contributed by atoms with Crippen molar-refractivity contribution in [1.29, 1.82) is 0 Å². The van der Waals surface area contributed by atoms with E-state index in [2.05, 4.69) is 40.4 Å². The second-order valence-corrected chi connectivity index (χ2v) is 5.90. The van der Waals surface area contributed by atoms with Gasteiger partial charge in [0.25, 0.3) is 0 Å². The summed E-state index contributed by atoms with van der Waals surface area (Å²) in [6.07, 6.45) is 2.21. The summed E-state index contributed by atoms with van der Waals surface area (Å²) in [5.41, 5.74) is 5.15. The molecule has 2 aromatic rings. The highest BCUT2D eigenvalue weighted by Gasteiger charge is 2.31. The normalized spacial score (nSPS) is 21.4. The van der Waals surface area contributed by atoms with Gasteiger partial charge in [-0.1, -0.05) is 19.9 Å². The number of aromatic nitrogens is 2. The van der Waals surface area contributed by atoms with E-state index in [0.717, 1.165) is 22.4 Å². The third-order valence-corrected chi connectivity index (χ3v) is 3.77. The first-order valence-corrected chi connectivity index (χ1v) is 6.81. The zero-order chi connectivity index (χ0) is 14.3. The van der Waals surface area contributed by atoms with Crippen LogP contribution in [0.1, 0.15) is 44.5 Å². The van der Waals surface area contributed by atoms with Gasteiger partial charge in [0.05, 0.1) is 11.0 Å². The van der Waals surface area contributed by atoms with Crippen molar-refractivity contribution in [3.8, 4) is 0 Å². The fourth-order valence-electron chi connectivity index (χ4n) is 2.50. The summed E-state index contributed by atoms with van der Waals surface area (Å²) in [6, 6.07) is 6.09. The predicted molar refractivity (Wildman–Crippen MR) is 86.0 cm³/mol. The molecule has 2 heterocycles. The Morgan fingerprint density at radius 1 is 1.33 bits per heavy atom. The van der Waals surface area contributed by atoms with Crippen LogP contribution in [0.15, 0.2) is 23.3 Å². The molecule has 112 valence electrons. The van der Waals surface area contributed by atoms with Crippen molar-refractivity contribution in [3.63, 3.8) is 0 Å². The number of nitrogens with one attached hydrogen (secondary N) is 2. The molecule has 3 rings (SSSR count). The van der Waals surface area contributed by atoms with Gasteiger partial charge in [-0.15, -0.1) is 12.4 Å². The molecule has 1 unspecified atom stereocenters. The SMILES string of the molecule is CC(C)c1nc2ccc(C3(C)C=NNC(=O)C3)cc2[nH]1.Cl. The summed E-state index contributed by atoms with van der Waals surface area (Å²) >= 11 is 0. The van der Waals surface area contributed by atoms with E-state index < -0.39 is 0 Å². The highest BCUT2D eigenvalue weighted by molar-refractivity contribution is 5.90. The molecule has 1 amide bonds. The van der Waals surface area contributed by atoms with Gasteiger partial charge in [0.15, 0.2) is 0 Å². The van der Waals surface area contributed by atoms with Crippen molar-refractivity contribution in [2.75, 3.05) is 0 Å². The maximum Gasteiger partial charge on any atom is 0.241 e. The van der Waals surface area contributed by atoms with Gasteiger partial charge in [-0.25, -0.2) is 10.4 Å². The average molecular weight is 307 g/mol. The molecule has 1 aromatic heterocycles. The summed E-state index contributed by atoms with van der Waals surface area (Å²) in [5.74, 6) is 1.29. The molecular weight excluding hydrogens is 288 g/mol. The Bertz CT molecular complexity index is 707. The molecule has 1 aliphatic heterocycles. The van der Waals surface area contributed by atoms with Gasteiger partial charge >= 0.3 is 0 Å². The largest absolute Gasteiger partial charge is 0.342 e. The van der Waals surface area contributed by atoms with Crippen LogP contribution in [-0.2, 0) is 10.2 Å². The summed E-state index contributed by atoms with van der Waals surface area (Å²) in [6.45, 7) is 6.24. The van der Waals surface area contributed by atoms with Gasteiger partial charge in [-0.3, -0.25) is 4.79 Å². The van der Waals surface area contributed by atoms with Crippen molar-refractivity contribution < 1.29 is 4.79 Å². The van der Waals surface area contributed by atoms with E-state index in [9.17, 15) is 4.79 Å². The standard InChI is InChI=1S/C15H18N4O.ClH/c1-9(2)14-17-11-5-4-10(6-12(11)18-14)15(3)7-13(20)19-16-8-15;/h4-6,8-9H,7H2,1-3H3,(H,17,18)(H,19,20);1H. The van der Waals surface area contributed by atoms with Gasteiger partial charge in [-0.2, -0.15) is 5.10 Å². The molecule has 2 N–H and O–H groups in total. The van der Waals surface area contributed by atoms with Crippen molar-refractivity contribution in [2.24, 2.45) is 5.10 Å². The number of nitrogens with zero attached hydrogens (tertiary/aromatic N) is 2. The van der Waals surface area contributed by atoms with Crippen LogP contribution in [0.3, 0.4) is 0 Å². The maximum atomic E-state index is 11.6. The molecule has 0 radical (unpaired) electrons. The number of hydrogen-bond donors (Lipinski definition) is 2. The molecule has 0 spiro atoms. The summed E-state index contributed by atoms with van der Waals surface area (Å²) in [7, 11) is 0. The van der Waals surface area contributed by atoms with E-state index in [0.29, 0.717) is 12.3 Å². The third kappa shape index (κ3) is 2.78. The Hall–Kier alpha value is -1.88. The zero-order valence-corrected chi connectivity index (χ0v) is 13.1. The second kappa shape index (κ2) is 5.48. The van der Waals surface area contributed by atoms with Crippen molar-refractivity contribution in [2.45, 2.75) is 38.5 Å². The molecule has 1 atom stereocenters. The van der Waals surface area contributed by atoms with Crippen LogP contribution in [0.2, 0.25) is 0 Å². The molecule has 0 aliphatic carbocycles. The van der Waals surface area contributed by atoms with Crippen molar-refractivity contribution >= 4 is 35.6 Å². The number of H-pyrrole nitrogens is 1. The van der Waals surface area contributed by atoms with Gasteiger partial charge < -0.3 is 4.98 Å². The van der Waals surface area contributed by atoms with E-state index in [1.165, 1.54) is 0 Å². The predicted octanol–water partition coefficient (Wildman–Crippen LogP) is 2.87. The Kier molecular flexibility index (Phi) is 4.05. The molecule has 0 saturated heterocycles. The van der Waals surface area contributed by atoms with E-state index in [-0.39, 0.29) is 23.7 Å². The number of fused-ring (bicyclic) bond motifs is 1. The molecule has 1 aliphatic rings. The number of rotatable bonds is 2. The Morgan fingerprint density at radius 3 is 2.76 bits per heavy atom. The summed E-state index contributed by atoms with van der Waals surface area (Å²) in [5, 5.41) is 3.95. The van der Waals surface area contributed by atoms with Crippen LogP contribution < -0.4 is 5.43 Å². The van der Waals surface area contributed by atoms with E-state index in [1.54, 1.807) is 6.21 Å². The average Bonchev–Trinajstić information content (AvgIpc) is 2.81. The summed E-state index contributed by atoms with van der Waals surface area (Å²) in [4.78, 5) is 19.5. The lowest BCUT2D eigenvalue weighted by atomic mass is 9.79. The van der Waals surface area contributed by atoms with Crippen LogP contribution in [0, 0.1) is 0 Å². The van der Waals surface area contributed by atoms with Gasteiger partial charge in [0.1, 0.15) is 5.82 Å². The number of carbonyl (C=O) groups excluding carboxylic acids is 1. The highest BCUT2D eigenvalue weighted by Crippen LogP contribution is 2.30. The third-order valence-electron chi connectivity index (χ3n) is 3.77. The smallest absolute Gasteiger partial charge is 0.241 e. The van der Waals surface area contributed by atoms with Crippen LogP contribution in [0.4, 0.5) is 0 Å². The fraction of sp³-hybridized carbons (Fsp3) is 0.400. The van der Waals surface area contributed by atoms with E-state index in [1.807, 2.05) is 19.1 Å². The fourth-order valence-corrected chi connectivity index (χ4v) is 2.50. The topological polar surface area (TPSA) is 70.1 Å². The number of carbonyl (C=O) groups is 1. The van der Waals surface area contributed by atoms with Gasteiger partial charge in [-0.05, 0) is 24.6 Å². The van der Waals surface area contributed by atoms with Crippen molar-refractivity contribution in [1.82, 2.24) is 15.4 Å². The Labute approximate surface area is 129 Å². The number of halogens is 1. The lowest BCUT2D eigenvalue weighted by Crippen LogP contribution is -2.37. The number of amides is 1. The maximum absolute atomic E-state index is 11.6. The zero-order valence-electron chi connectivity index (χ0n) is 12.3. The Balaban J connectivity index is 0.00000161. The highest BCUT2D eigenvalue weighted by atomic mass is 35.5. The first kappa shape index (κ1) is 15.5. The first-order valence-electron chi connectivity index (χ1n) is 6.81. The Morgan fingerprint density at radius 2 is 2.10 bits per heavy atom. The molecule has 0 fully saturated rings. The molecule has 6 heteroatoms. The van der Waals surface area contributed by atoms with Crippen LogP contribution in [0.5, 0.6) is 0 Å². The minimum absolute atomic E-state index is 0. The minimum Gasteiger partial charge on any atom is -0.342 e. The molecule has 21 heavy (non-hydrogen) atoms. The lowest BCUT2D eigenvalue weighted by Gasteiger charge is -2.27. The van der Waals surface area contributed by atoms with Gasteiger partial charge in [0.2, 0.25) is 5.91 Å². The second-order valence-electron chi connectivity index (χ2n) is 5.90. The quantitative estimate of drug-likeness (QED) is 0.895. The molecule has 0 saturated carbocycles. The number of aromatic amines is 1.